The third kappa shape index (κ3) is 2.68. The maximum atomic E-state index is 5.16. The smallest absolute Gasteiger partial charge is 0.218 e. The summed E-state index contributed by atoms with van der Waals surface area (Å²) in [5, 5.41) is 3.51. The van der Waals surface area contributed by atoms with Gasteiger partial charge in [0.05, 0.1) is 7.11 Å². The van der Waals surface area contributed by atoms with Gasteiger partial charge in [-0.1, -0.05) is 13.8 Å². The van der Waals surface area contributed by atoms with Crippen LogP contribution in [0, 0.1) is 18.8 Å². The lowest BCUT2D eigenvalue weighted by molar-refractivity contribution is 0.395. The molecule has 1 aliphatic rings. The molecule has 3 unspecified atom stereocenters. The molecule has 17 heavy (non-hydrogen) atoms. The minimum atomic E-state index is 0.518. The summed E-state index contributed by atoms with van der Waals surface area (Å²) in [6.45, 7) is 6.51. The molecule has 1 aliphatic carbocycles. The second-order valence-corrected chi connectivity index (χ2v) is 5.01. The number of anilines is 1. The lowest BCUT2D eigenvalue weighted by Gasteiger charge is -2.20. The molecular formula is C13H21N3O. The van der Waals surface area contributed by atoms with Gasteiger partial charge >= 0.3 is 0 Å². The predicted octanol–water partition coefficient (Wildman–Crippen LogP) is 2.64. The summed E-state index contributed by atoms with van der Waals surface area (Å²) in [7, 11) is 1.63. The molecule has 2 rings (SSSR count). The van der Waals surface area contributed by atoms with Crippen molar-refractivity contribution in [2.45, 2.75) is 39.7 Å². The molecule has 1 aromatic rings. The number of hydrogen-bond donors (Lipinski definition) is 1. The monoisotopic (exact) mass is 235 g/mol. The van der Waals surface area contributed by atoms with E-state index in [0.717, 1.165) is 17.6 Å². The Labute approximate surface area is 103 Å². The number of rotatable bonds is 3. The van der Waals surface area contributed by atoms with Crippen LogP contribution >= 0.6 is 0 Å². The zero-order valence-corrected chi connectivity index (χ0v) is 11.0. The predicted molar refractivity (Wildman–Crippen MR) is 68.3 cm³/mol. The SMILES string of the molecule is COc1cc(NC2CCC(C)C2C)nc(C)n1. The van der Waals surface area contributed by atoms with Gasteiger partial charge in [-0.3, -0.25) is 0 Å². The van der Waals surface area contributed by atoms with Crippen molar-refractivity contribution >= 4 is 5.82 Å². The lowest BCUT2D eigenvalue weighted by Crippen LogP contribution is -2.24. The first-order valence-electron chi connectivity index (χ1n) is 6.26. The first kappa shape index (κ1) is 12.1. The van der Waals surface area contributed by atoms with E-state index in [1.807, 2.05) is 13.0 Å². The van der Waals surface area contributed by atoms with Crippen molar-refractivity contribution in [2.75, 3.05) is 12.4 Å². The molecule has 0 spiro atoms. The minimum absolute atomic E-state index is 0.518. The van der Waals surface area contributed by atoms with Crippen molar-refractivity contribution in [1.82, 2.24) is 9.97 Å². The van der Waals surface area contributed by atoms with Crippen LogP contribution in [0.25, 0.3) is 0 Å². The summed E-state index contributed by atoms with van der Waals surface area (Å²) in [6.07, 6.45) is 2.51. The van der Waals surface area contributed by atoms with Gasteiger partial charge in [0.2, 0.25) is 5.88 Å². The van der Waals surface area contributed by atoms with Gasteiger partial charge in [0, 0.05) is 12.1 Å². The zero-order valence-electron chi connectivity index (χ0n) is 11.0. The number of nitrogens with one attached hydrogen (secondary N) is 1. The molecule has 1 N–H and O–H groups in total. The molecule has 0 saturated heterocycles. The van der Waals surface area contributed by atoms with E-state index >= 15 is 0 Å². The van der Waals surface area contributed by atoms with E-state index in [-0.39, 0.29) is 0 Å². The van der Waals surface area contributed by atoms with Crippen LogP contribution in [0.5, 0.6) is 5.88 Å². The maximum absolute atomic E-state index is 5.16. The summed E-state index contributed by atoms with van der Waals surface area (Å²) in [5.74, 6) is 3.72. The van der Waals surface area contributed by atoms with Gasteiger partial charge in [0.1, 0.15) is 11.6 Å². The zero-order chi connectivity index (χ0) is 12.4. The Morgan fingerprint density at radius 1 is 1.29 bits per heavy atom. The van der Waals surface area contributed by atoms with E-state index in [2.05, 4.69) is 29.1 Å². The molecule has 1 heterocycles. The van der Waals surface area contributed by atoms with E-state index in [1.54, 1.807) is 7.11 Å². The fraction of sp³-hybridized carbons (Fsp3) is 0.692. The quantitative estimate of drug-likeness (QED) is 0.875. The number of hydrogen-bond acceptors (Lipinski definition) is 4. The highest BCUT2D eigenvalue weighted by Gasteiger charge is 2.29. The van der Waals surface area contributed by atoms with Gasteiger partial charge in [0.15, 0.2) is 0 Å². The largest absolute Gasteiger partial charge is 0.481 e. The van der Waals surface area contributed by atoms with Crippen molar-refractivity contribution < 1.29 is 4.74 Å². The Bertz CT molecular complexity index is 394. The number of ether oxygens (including phenoxy) is 1. The average molecular weight is 235 g/mol. The van der Waals surface area contributed by atoms with Gasteiger partial charge in [0.25, 0.3) is 0 Å². The summed E-state index contributed by atoms with van der Waals surface area (Å²) < 4.78 is 5.16. The Balaban J connectivity index is 2.10. The summed E-state index contributed by atoms with van der Waals surface area (Å²) in [4.78, 5) is 8.59. The first-order valence-corrected chi connectivity index (χ1v) is 6.26. The van der Waals surface area contributed by atoms with Crippen molar-refractivity contribution in [3.05, 3.63) is 11.9 Å². The van der Waals surface area contributed by atoms with Crippen LogP contribution in [-0.4, -0.2) is 23.1 Å². The average Bonchev–Trinajstić information content (AvgIpc) is 2.60. The van der Waals surface area contributed by atoms with Crippen molar-refractivity contribution in [3.63, 3.8) is 0 Å². The number of methoxy groups -OCH3 is 1. The van der Waals surface area contributed by atoms with Crippen molar-refractivity contribution in [1.29, 1.82) is 0 Å². The Kier molecular flexibility index (Phi) is 3.50. The van der Waals surface area contributed by atoms with Crippen LogP contribution in [-0.2, 0) is 0 Å². The van der Waals surface area contributed by atoms with Crippen LogP contribution in [0.15, 0.2) is 6.07 Å². The van der Waals surface area contributed by atoms with Gasteiger partial charge in [-0.2, -0.15) is 4.98 Å². The fourth-order valence-corrected chi connectivity index (χ4v) is 2.48. The highest BCUT2D eigenvalue weighted by atomic mass is 16.5. The molecule has 0 radical (unpaired) electrons. The Morgan fingerprint density at radius 3 is 2.65 bits per heavy atom. The van der Waals surface area contributed by atoms with Crippen molar-refractivity contribution in [3.8, 4) is 5.88 Å². The Hall–Kier alpha value is -1.32. The summed E-state index contributed by atoms with van der Waals surface area (Å²) in [6, 6.07) is 2.38. The highest BCUT2D eigenvalue weighted by molar-refractivity contribution is 5.39. The van der Waals surface area contributed by atoms with Crippen LogP contribution in [0.3, 0.4) is 0 Å². The van der Waals surface area contributed by atoms with Gasteiger partial charge < -0.3 is 10.1 Å². The normalized spacial score (nSPS) is 28.1. The number of aryl methyl sites for hydroxylation is 1. The molecule has 1 fully saturated rings. The molecule has 0 aliphatic heterocycles. The third-order valence-corrected chi connectivity index (χ3v) is 3.82. The molecular weight excluding hydrogens is 214 g/mol. The summed E-state index contributed by atoms with van der Waals surface area (Å²) in [5.41, 5.74) is 0. The van der Waals surface area contributed by atoms with E-state index in [4.69, 9.17) is 4.74 Å². The molecule has 4 heteroatoms. The molecule has 3 atom stereocenters. The topological polar surface area (TPSA) is 47.0 Å². The number of aromatic nitrogens is 2. The maximum Gasteiger partial charge on any atom is 0.218 e. The molecule has 94 valence electrons. The van der Waals surface area contributed by atoms with Gasteiger partial charge in [-0.25, -0.2) is 4.98 Å². The molecule has 0 amide bonds. The summed E-state index contributed by atoms with van der Waals surface area (Å²) >= 11 is 0. The van der Waals surface area contributed by atoms with E-state index in [1.165, 1.54) is 12.8 Å². The van der Waals surface area contributed by atoms with E-state index in [0.29, 0.717) is 17.8 Å². The lowest BCUT2D eigenvalue weighted by atomic mass is 9.98. The second kappa shape index (κ2) is 4.90. The Morgan fingerprint density at radius 2 is 2.06 bits per heavy atom. The first-order chi connectivity index (χ1) is 8.10. The molecule has 0 aromatic carbocycles. The standard InChI is InChI=1S/C13H21N3O/c1-8-5-6-11(9(8)2)16-12-7-13(17-4)15-10(3)14-12/h7-9,11H,5-6H2,1-4H3,(H,14,15,16). The van der Waals surface area contributed by atoms with Crippen molar-refractivity contribution in [2.24, 2.45) is 11.8 Å². The fourth-order valence-electron chi connectivity index (χ4n) is 2.48. The van der Waals surface area contributed by atoms with Crippen LogP contribution in [0.4, 0.5) is 5.82 Å². The highest BCUT2D eigenvalue weighted by Crippen LogP contribution is 2.33. The third-order valence-electron chi connectivity index (χ3n) is 3.82. The van der Waals surface area contributed by atoms with Gasteiger partial charge in [-0.15, -0.1) is 0 Å². The molecule has 1 aromatic heterocycles. The van der Waals surface area contributed by atoms with E-state index < -0.39 is 0 Å². The van der Waals surface area contributed by atoms with Gasteiger partial charge in [-0.05, 0) is 31.6 Å². The van der Waals surface area contributed by atoms with Crippen LogP contribution in [0.2, 0.25) is 0 Å². The molecule has 1 saturated carbocycles. The minimum Gasteiger partial charge on any atom is -0.481 e. The van der Waals surface area contributed by atoms with Crippen LogP contribution in [0.1, 0.15) is 32.5 Å². The van der Waals surface area contributed by atoms with Crippen LogP contribution < -0.4 is 10.1 Å². The molecule has 0 bridgehead atoms. The number of nitrogens with zero attached hydrogens (tertiary/aromatic N) is 2. The second-order valence-electron chi connectivity index (χ2n) is 5.01. The molecule has 4 nitrogen and oxygen atoms in total. The van der Waals surface area contributed by atoms with E-state index in [9.17, 15) is 0 Å².